The Morgan fingerprint density at radius 1 is 1.03 bits per heavy atom. The highest BCUT2D eigenvalue weighted by Crippen LogP contribution is 2.55. The average molecular weight is 449 g/mol. The number of benzene rings is 1. The molecule has 4 fully saturated rings. The van der Waals surface area contributed by atoms with Crippen molar-refractivity contribution in [3.8, 4) is 0 Å². The Morgan fingerprint density at radius 2 is 1.58 bits per heavy atom. The molecule has 1 aromatic rings. The molecule has 5 rings (SSSR count). The molecule has 0 aromatic heterocycles. The molecule has 4 saturated carbocycles. The summed E-state index contributed by atoms with van der Waals surface area (Å²) < 4.78 is 32.9. The molecule has 1 aromatic carbocycles. The number of carbonyl (C=O) groups excluding carboxylic acids is 2. The highest BCUT2D eigenvalue weighted by molar-refractivity contribution is 7.89. The zero-order valence-electron chi connectivity index (χ0n) is 18.2. The third-order valence-electron chi connectivity index (χ3n) is 7.04. The summed E-state index contributed by atoms with van der Waals surface area (Å²) in [6, 6.07) is 6.80. The molecule has 8 heteroatoms. The number of amides is 1. The smallest absolute Gasteiger partial charge is 0.324 e. The van der Waals surface area contributed by atoms with Gasteiger partial charge in [-0.2, -0.15) is 4.72 Å². The zero-order valence-corrected chi connectivity index (χ0v) is 19.0. The van der Waals surface area contributed by atoms with Gasteiger partial charge in [-0.15, -0.1) is 0 Å². The Balaban J connectivity index is 1.34. The molecule has 0 heterocycles. The van der Waals surface area contributed by atoms with E-state index in [2.05, 4.69) is 10.0 Å². The summed E-state index contributed by atoms with van der Waals surface area (Å²) in [5.74, 6) is 0.724. The molecule has 4 bridgehead atoms. The molecule has 0 radical (unpaired) electrons. The predicted octanol–water partition coefficient (Wildman–Crippen LogP) is 2.62. The minimum absolute atomic E-state index is 0.0769. The summed E-state index contributed by atoms with van der Waals surface area (Å²) in [5.41, 5.74) is -0.148. The molecule has 0 spiro atoms. The van der Waals surface area contributed by atoms with E-state index in [-0.39, 0.29) is 22.3 Å². The molecule has 1 amide bonds. The van der Waals surface area contributed by atoms with Crippen LogP contribution in [-0.2, 0) is 24.3 Å². The van der Waals surface area contributed by atoms with E-state index in [9.17, 15) is 18.0 Å². The Bertz CT molecular complexity index is 893. The first kappa shape index (κ1) is 22.3. The van der Waals surface area contributed by atoms with Gasteiger partial charge >= 0.3 is 5.97 Å². The van der Waals surface area contributed by atoms with Crippen LogP contribution in [0.15, 0.2) is 35.2 Å². The van der Waals surface area contributed by atoms with Crippen molar-refractivity contribution in [1.82, 2.24) is 10.0 Å². The van der Waals surface area contributed by atoms with Gasteiger partial charge in [-0.05, 0) is 74.3 Å². The minimum Gasteiger partial charge on any atom is -0.454 e. The summed E-state index contributed by atoms with van der Waals surface area (Å²) in [6.07, 6.45) is 6.89. The quantitative estimate of drug-likeness (QED) is 0.596. The van der Waals surface area contributed by atoms with Gasteiger partial charge in [-0.25, -0.2) is 8.42 Å². The number of carbonyl (C=O) groups is 2. The van der Waals surface area contributed by atoms with Gasteiger partial charge in [0.05, 0.1) is 4.90 Å². The summed E-state index contributed by atoms with van der Waals surface area (Å²) >= 11 is 0. The van der Waals surface area contributed by atoms with Crippen LogP contribution in [0, 0.1) is 23.7 Å². The monoisotopic (exact) mass is 448 g/mol. The zero-order chi connectivity index (χ0) is 22.2. The average Bonchev–Trinajstić information content (AvgIpc) is 2.69. The first-order valence-electron chi connectivity index (χ1n) is 11.2. The van der Waals surface area contributed by atoms with E-state index in [1.807, 2.05) is 0 Å². The van der Waals surface area contributed by atoms with Crippen LogP contribution in [0.2, 0.25) is 0 Å². The van der Waals surface area contributed by atoms with E-state index in [0.717, 1.165) is 19.3 Å². The summed E-state index contributed by atoms with van der Waals surface area (Å²) in [4.78, 5) is 25.3. The maximum atomic E-state index is 12.6. The van der Waals surface area contributed by atoms with Crippen LogP contribution >= 0.6 is 0 Å². The van der Waals surface area contributed by atoms with Crippen molar-refractivity contribution in [2.45, 2.75) is 68.8 Å². The second-order valence-electron chi connectivity index (χ2n) is 10.0. The van der Waals surface area contributed by atoms with Crippen LogP contribution in [0.5, 0.6) is 0 Å². The fourth-order valence-electron chi connectivity index (χ4n) is 6.11. The van der Waals surface area contributed by atoms with Crippen molar-refractivity contribution in [2.75, 3.05) is 6.61 Å². The Kier molecular flexibility index (Phi) is 6.14. The Morgan fingerprint density at radius 3 is 2.10 bits per heavy atom. The van der Waals surface area contributed by atoms with Crippen LogP contribution in [0.3, 0.4) is 0 Å². The van der Waals surface area contributed by atoms with E-state index < -0.39 is 28.6 Å². The minimum atomic E-state index is -3.88. The van der Waals surface area contributed by atoms with E-state index >= 15 is 0 Å². The van der Waals surface area contributed by atoms with Crippen LogP contribution in [-0.4, -0.2) is 38.5 Å². The number of ether oxygens (including phenoxy) is 1. The maximum Gasteiger partial charge on any atom is 0.324 e. The molecule has 170 valence electrons. The van der Waals surface area contributed by atoms with Crippen LogP contribution in [0.1, 0.15) is 52.4 Å². The van der Waals surface area contributed by atoms with Crippen molar-refractivity contribution in [3.63, 3.8) is 0 Å². The predicted molar refractivity (Wildman–Crippen MR) is 115 cm³/mol. The van der Waals surface area contributed by atoms with Crippen molar-refractivity contribution >= 4 is 21.9 Å². The van der Waals surface area contributed by atoms with Gasteiger partial charge in [0.2, 0.25) is 10.0 Å². The summed E-state index contributed by atoms with van der Waals surface area (Å²) in [7, 11) is -3.88. The lowest BCUT2D eigenvalue weighted by atomic mass is 9.53. The maximum absolute atomic E-state index is 12.6. The molecule has 31 heavy (non-hydrogen) atoms. The summed E-state index contributed by atoms with van der Waals surface area (Å²) in [6.45, 7) is 3.07. The number of hydrogen-bond donors (Lipinski definition) is 2. The SMILES string of the molecule is CC(C)C(NS(=O)(=O)c1ccccc1)C(=O)OCC(=O)NC12CC3CC(CC(C3)C1)C2. The number of nitrogens with one attached hydrogen (secondary N) is 2. The molecule has 7 nitrogen and oxygen atoms in total. The molecule has 1 unspecified atom stereocenters. The molecule has 4 aliphatic rings. The lowest BCUT2D eigenvalue weighted by molar-refractivity contribution is -0.152. The number of rotatable bonds is 8. The first-order chi connectivity index (χ1) is 14.7. The second kappa shape index (κ2) is 8.54. The molecule has 2 N–H and O–H groups in total. The van der Waals surface area contributed by atoms with E-state index in [4.69, 9.17) is 4.74 Å². The van der Waals surface area contributed by atoms with E-state index in [1.54, 1.807) is 32.0 Å². The Labute approximate surface area is 184 Å². The molecular weight excluding hydrogens is 416 g/mol. The molecule has 0 aliphatic heterocycles. The Hall–Kier alpha value is -1.93. The van der Waals surface area contributed by atoms with Crippen molar-refractivity contribution in [1.29, 1.82) is 0 Å². The number of sulfonamides is 1. The third kappa shape index (κ3) is 4.95. The van der Waals surface area contributed by atoms with Gasteiger partial charge in [0.25, 0.3) is 5.91 Å². The third-order valence-corrected chi connectivity index (χ3v) is 8.50. The van der Waals surface area contributed by atoms with E-state index in [0.29, 0.717) is 17.8 Å². The fourth-order valence-corrected chi connectivity index (χ4v) is 7.47. The second-order valence-corrected chi connectivity index (χ2v) is 11.7. The standard InChI is InChI=1S/C23H32N2O5S/c1-15(2)21(25-31(28,29)19-6-4-3-5-7-19)22(27)30-14-20(26)24-23-11-16-8-17(12-23)10-18(9-16)13-23/h3-7,15-18,21,25H,8-14H2,1-2H3,(H,24,26). The molecule has 1 atom stereocenters. The molecule has 4 aliphatic carbocycles. The highest BCUT2D eigenvalue weighted by atomic mass is 32.2. The lowest BCUT2D eigenvalue weighted by Crippen LogP contribution is -2.60. The molecule has 0 saturated heterocycles. The largest absolute Gasteiger partial charge is 0.454 e. The van der Waals surface area contributed by atoms with Crippen molar-refractivity contribution in [3.05, 3.63) is 30.3 Å². The van der Waals surface area contributed by atoms with Crippen molar-refractivity contribution < 1.29 is 22.7 Å². The van der Waals surface area contributed by atoms with Crippen LogP contribution in [0.25, 0.3) is 0 Å². The lowest BCUT2D eigenvalue weighted by Gasteiger charge is -2.56. The topological polar surface area (TPSA) is 102 Å². The normalized spacial score (nSPS) is 30.2. The highest BCUT2D eigenvalue weighted by Gasteiger charge is 2.51. The van der Waals surface area contributed by atoms with Crippen LogP contribution < -0.4 is 10.0 Å². The van der Waals surface area contributed by atoms with Gasteiger partial charge in [0.1, 0.15) is 6.04 Å². The van der Waals surface area contributed by atoms with Gasteiger partial charge < -0.3 is 10.1 Å². The number of hydrogen-bond acceptors (Lipinski definition) is 5. The summed E-state index contributed by atoms with van der Waals surface area (Å²) in [5, 5.41) is 3.17. The fraction of sp³-hybridized carbons (Fsp3) is 0.652. The van der Waals surface area contributed by atoms with Gasteiger partial charge in [-0.3, -0.25) is 9.59 Å². The van der Waals surface area contributed by atoms with Gasteiger partial charge in [-0.1, -0.05) is 32.0 Å². The van der Waals surface area contributed by atoms with Gasteiger partial charge in [0, 0.05) is 5.54 Å². The van der Waals surface area contributed by atoms with Gasteiger partial charge in [0.15, 0.2) is 6.61 Å². The first-order valence-corrected chi connectivity index (χ1v) is 12.7. The van der Waals surface area contributed by atoms with Crippen LogP contribution in [0.4, 0.5) is 0 Å². The van der Waals surface area contributed by atoms with E-state index in [1.165, 1.54) is 31.4 Å². The van der Waals surface area contributed by atoms with Crippen molar-refractivity contribution in [2.24, 2.45) is 23.7 Å². The molecular formula is C23H32N2O5S. The number of esters is 1.